The SMILES string of the molecule is Nc1cc(C2(C(=O)O)CCOCC2)[nH]n1. The fourth-order valence-electron chi connectivity index (χ4n) is 1.90. The maximum atomic E-state index is 11.3. The van der Waals surface area contributed by atoms with Gasteiger partial charge in [0.25, 0.3) is 0 Å². The van der Waals surface area contributed by atoms with Gasteiger partial charge in [0.15, 0.2) is 0 Å². The number of nitrogen functional groups attached to an aromatic ring is 1. The van der Waals surface area contributed by atoms with Crippen molar-refractivity contribution in [2.24, 2.45) is 0 Å². The molecule has 6 nitrogen and oxygen atoms in total. The highest BCUT2D eigenvalue weighted by molar-refractivity contribution is 5.81. The van der Waals surface area contributed by atoms with Gasteiger partial charge < -0.3 is 15.6 Å². The maximum absolute atomic E-state index is 11.3. The largest absolute Gasteiger partial charge is 0.481 e. The van der Waals surface area contributed by atoms with E-state index in [9.17, 15) is 9.90 Å². The van der Waals surface area contributed by atoms with Gasteiger partial charge in [-0.2, -0.15) is 5.10 Å². The van der Waals surface area contributed by atoms with E-state index in [1.54, 1.807) is 6.07 Å². The van der Waals surface area contributed by atoms with E-state index >= 15 is 0 Å². The number of ether oxygens (including phenoxy) is 1. The summed E-state index contributed by atoms with van der Waals surface area (Å²) >= 11 is 0. The van der Waals surface area contributed by atoms with Gasteiger partial charge in [-0.1, -0.05) is 0 Å². The van der Waals surface area contributed by atoms with Crippen molar-refractivity contribution in [3.05, 3.63) is 11.8 Å². The fraction of sp³-hybridized carbons (Fsp3) is 0.556. The van der Waals surface area contributed by atoms with Gasteiger partial charge >= 0.3 is 5.97 Å². The number of aliphatic carboxylic acids is 1. The monoisotopic (exact) mass is 211 g/mol. The van der Waals surface area contributed by atoms with Crippen molar-refractivity contribution in [3.8, 4) is 0 Å². The Balaban J connectivity index is 2.37. The van der Waals surface area contributed by atoms with Gasteiger partial charge in [-0.3, -0.25) is 9.89 Å². The zero-order chi connectivity index (χ0) is 10.9. The molecule has 0 amide bonds. The molecule has 0 unspecified atom stereocenters. The van der Waals surface area contributed by atoms with Crippen LogP contribution in [0.15, 0.2) is 6.07 Å². The van der Waals surface area contributed by atoms with Crippen LogP contribution in [0, 0.1) is 0 Å². The summed E-state index contributed by atoms with van der Waals surface area (Å²) in [5.41, 5.74) is 5.13. The summed E-state index contributed by atoms with van der Waals surface area (Å²) < 4.78 is 5.17. The van der Waals surface area contributed by atoms with Crippen molar-refractivity contribution in [1.29, 1.82) is 0 Å². The van der Waals surface area contributed by atoms with E-state index in [2.05, 4.69) is 10.2 Å². The molecular formula is C9H13N3O3. The molecule has 0 aromatic carbocycles. The number of hydrogen-bond donors (Lipinski definition) is 3. The molecule has 82 valence electrons. The number of hydrogen-bond acceptors (Lipinski definition) is 4. The van der Waals surface area contributed by atoms with Crippen LogP contribution in [0.5, 0.6) is 0 Å². The smallest absolute Gasteiger partial charge is 0.315 e. The van der Waals surface area contributed by atoms with Crippen LogP contribution in [-0.4, -0.2) is 34.5 Å². The molecular weight excluding hydrogens is 198 g/mol. The van der Waals surface area contributed by atoms with E-state index in [4.69, 9.17) is 10.5 Å². The van der Waals surface area contributed by atoms with Gasteiger partial charge in [-0.15, -0.1) is 0 Å². The Bertz CT molecular complexity index is 368. The Morgan fingerprint density at radius 1 is 1.60 bits per heavy atom. The lowest BCUT2D eigenvalue weighted by Gasteiger charge is -2.31. The number of nitrogens with one attached hydrogen (secondary N) is 1. The lowest BCUT2D eigenvalue weighted by atomic mass is 9.77. The van der Waals surface area contributed by atoms with Gasteiger partial charge in [0.2, 0.25) is 0 Å². The summed E-state index contributed by atoms with van der Waals surface area (Å²) in [5.74, 6) is -0.536. The minimum atomic E-state index is -0.914. The molecule has 1 aliphatic rings. The van der Waals surface area contributed by atoms with Gasteiger partial charge in [-0.25, -0.2) is 0 Å². The number of nitrogens with zero attached hydrogens (tertiary/aromatic N) is 1. The summed E-state index contributed by atoms with van der Waals surface area (Å²) in [6, 6.07) is 1.58. The average Bonchev–Trinajstić information content (AvgIpc) is 2.66. The lowest BCUT2D eigenvalue weighted by molar-refractivity contribution is -0.148. The molecule has 0 spiro atoms. The van der Waals surface area contributed by atoms with Crippen molar-refractivity contribution < 1.29 is 14.6 Å². The number of carboxylic acids is 1. The van der Waals surface area contributed by atoms with Crippen molar-refractivity contribution in [2.75, 3.05) is 18.9 Å². The average molecular weight is 211 g/mol. The Kier molecular flexibility index (Phi) is 2.36. The molecule has 1 aliphatic heterocycles. The standard InChI is InChI=1S/C9H13N3O3/c10-7-5-6(11-12-7)9(8(13)14)1-3-15-4-2-9/h5H,1-4H2,(H,13,14)(H3,10,11,12). The summed E-state index contributed by atoms with van der Waals surface area (Å²) in [5, 5.41) is 15.8. The first-order valence-electron chi connectivity index (χ1n) is 4.78. The first kappa shape index (κ1) is 9.97. The first-order valence-corrected chi connectivity index (χ1v) is 4.78. The second-order valence-corrected chi connectivity index (χ2v) is 3.71. The van der Waals surface area contributed by atoms with E-state index in [1.165, 1.54) is 0 Å². The van der Waals surface area contributed by atoms with Gasteiger partial charge in [0.1, 0.15) is 11.2 Å². The highest BCUT2D eigenvalue weighted by Crippen LogP contribution is 2.34. The van der Waals surface area contributed by atoms with Crippen molar-refractivity contribution in [1.82, 2.24) is 10.2 Å². The molecule has 0 bridgehead atoms. The lowest BCUT2D eigenvalue weighted by Crippen LogP contribution is -2.41. The second-order valence-electron chi connectivity index (χ2n) is 3.71. The number of carboxylic acid groups (broad SMARTS) is 1. The van der Waals surface area contributed by atoms with Crippen molar-refractivity contribution >= 4 is 11.8 Å². The molecule has 1 saturated heterocycles. The summed E-state index contributed by atoms with van der Waals surface area (Å²) in [4.78, 5) is 11.3. The van der Waals surface area contributed by atoms with Crippen LogP contribution in [0.1, 0.15) is 18.5 Å². The number of nitrogens with two attached hydrogens (primary N) is 1. The van der Waals surface area contributed by atoms with Crippen molar-refractivity contribution in [3.63, 3.8) is 0 Å². The van der Waals surface area contributed by atoms with Crippen LogP contribution in [0.2, 0.25) is 0 Å². The third-order valence-corrected chi connectivity index (χ3v) is 2.87. The predicted molar refractivity (Wildman–Crippen MR) is 52.4 cm³/mol. The van der Waals surface area contributed by atoms with Crippen LogP contribution in [-0.2, 0) is 14.9 Å². The van der Waals surface area contributed by atoms with Crippen LogP contribution < -0.4 is 5.73 Å². The molecule has 2 heterocycles. The third-order valence-electron chi connectivity index (χ3n) is 2.87. The minimum Gasteiger partial charge on any atom is -0.481 e. The number of anilines is 1. The van der Waals surface area contributed by atoms with E-state index in [1.807, 2.05) is 0 Å². The van der Waals surface area contributed by atoms with Crippen LogP contribution >= 0.6 is 0 Å². The van der Waals surface area contributed by atoms with Gasteiger partial charge in [0.05, 0.1) is 5.69 Å². The number of rotatable bonds is 2. The number of carbonyl (C=O) groups is 1. The van der Waals surface area contributed by atoms with E-state index in [0.717, 1.165) is 0 Å². The molecule has 1 fully saturated rings. The molecule has 0 radical (unpaired) electrons. The molecule has 0 atom stereocenters. The summed E-state index contributed by atoms with van der Waals surface area (Å²) in [6.45, 7) is 0.899. The fourth-order valence-corrected chi connectivity index (χ4v) is 1.90. The summed E-state index contributed by atoms with van der Waals surface area (Å²) in [6.07, 6.45) is 0.897. The van der Waals surface area contributed by atoms with Crippen molar-refractivity contribution in [2.45, 2.75) is 18.3 Å². The molecule has 0 aliphatic carbocycles. The van der Waals surface area contributed by atoms with E-state index in [-0.39, 0.29) is 0 Å². The Morgan fingerprint density at radius 2 is 2.27 bits per heavy atom. The molecule has 1 aromatic rings. The predicted octanol–water partition coefficient (Wildman–Crippen LogP) is 0.125. The van der Waals surface area contributed by atoms with E-state index < -0.39 is 11.4 Å². The third kappa shape index (κ3) is 1.56. The zero-order valence-electron chi connectivity index (χ0n) is 8.19. The Morgan fingerprint density at radius 3 is 2.73 bits per heavy atom. The normalized spacial score (nSPS) is 20.0. The van der Waals surface area contributed by atoms with Crippen LogP contribution in [0.3, 0.4) is 0 Å². The number of aromatic nitrogens is 2. The topological polar surface area (TPSA) is 101 Å². The number of H-pyrrole nitrogens is 1. The zero-order valence-corrected chi connectivity index (χ0v) is 8.19. The Hall–Kier alpha value is -1.56. The molecule has 0 saturated carbocycles. The maximum Gasteiger partial charge on any atom is 0.315 e. The molecule has 4 N–H and O–H groups in total. The van der Waals surface area contributed by atoms with E-state index in [0.29, 0.717) is 37.6 Å². The van der Waals surface area contributed by atoms with Crippen LogP contribution in [0.4, 0.5) is 5.82 Å². The second kappa shape index (κ2) is 3.54. The number of aromatic amines is 1. The van der Waals surface area contributed by atoms with Crippen LogP contribution in [0.25, 0.3) is 0 Å². The quantitative estimate of drug-likeness (QED) is 0.645. The highest BCUT2D eigenvalue weighted by Gasteiger charge is 2.43. The van der Waals surface area contributed by atoms with Gasteiger partial charge in [-0.05, 0) is 12.8 Å². The molecule has 6 heteroatoms. The minimum absolute atomic E-state index is 0.317. The molecule has 2 rings (SSSR count). The molecule has 1 aromatic heterocycles. The highest BCUT2D eigenvalue weighted by atomic mass is 16.5. The Labute approximate surface area is 86.4 Å². The first-order chi connectivity index (χ1) is 7.15. The van der Waals surface area contributed by atoms with Gasteiger partial charge in [0, 0.05) is 19.3 Å². The molecule has 15 heavy (non-hydrogen) atoms. The summed E-state index contributed by atoms with van der Waals surface area (Å²) in [7, 11) is 0.